The normalized spacial score (nSPS) is 10.4. The molecule has 18 heavy (non-hydrogen) atoms. The summed E-state index contributed by atoms with van der Waals surface area (Å²) in [7, 11) is 0. The summed E-state index contributed by atoms with van der Waals surface area (Å²) in [4.78, 5) is 11.9. The number of carbonyl (C=O) groups is 1. The van der Waals surface area contributed by atoms with Gasteiger partial charge in [-0.15, -0.1) is 0 Å². The summed E-state index contributed by atoms with van der Waals surface area (Å²) >= 11 is 6.00. The van der Waals surface area contributed by atoms with E-state index in [0.29, 0.717) is 10.8 Å². The average Bonchev–Trinajstić information content (AvgIpc) is 2.64. The second-order valence-corrected chi connectivity index (χ2v) is 4.55. The third kappa shape index (κ3) is 2.71. The van der Waals surface area contributed by atoms with E-state index in [4.69, 9.17) is 11.6 Å². The first kappa shape index (κ1) is 12.6. The number of nitrogens with one attached hydrogen (secondary N) is 2. The summed E-state index contributed by atoms with van der Waals surface area (Å²) in [5.41, 5.74) is 2.70. The standard InChI is InChI=1S/C13H14ClN3O/c1-8-9(2)16-17-13(8)15-12(18)7-10-5-3-4-6-11(10)14/h3-6H,7H2,1-2H3,(H2,15,16,17,18). The van der Waals surface area contributed by atoms with Gasteiger partial charge in [0.15, 0.2) is 5.82 Å². The van der Waals surface area contributed by atoms with Crippen molar-refractivity contribution in [2.45, 2.75) is 20.3 Å². The molecule has 4 nitrogen and oxygen atoms in total. The Kier molecular flexibility index (Phi) is 3.67. The fourth-order valence-electron chi connectivity index (χ4n) is 1.60. The van der Waals surface area contributed by atoms with Crippen LogP contribution in [0.4, 0.5) is 5.82 Å². The molecule has 2 N–H and O–H groups in total. The van der Waals surface area contributed by atoms with Crippen LogP contribution in [0.5, 0.6) is 0 Å². The zero-order valence-electron chi connectivity index (χ0n) is 10.2. The van der Waals surface area contributed by atoms with Crippen molar-refractivity contribution in [3.05, 3.63) is 46.1 Å². The van der Waals surface area contributed by atoms with E-state index < -0.39 is 0 Å². The number of H-pyrrole nitrogens is 1. The number of nitrogens with zero attached hydrogens (tertiary/aromatic N) is 1. The molecule has 0 aliphatic heterocycles. The Labute approximate surface area is 110 Å². The average molecular weight is 264 g/mol. The summed E-state index contributed by atoms with van der Waals surface area (Å²) in [5, 5.41) is 10.2. The molecular formula is C13H14ClN3O. The number of anilines is 1. The van der Waals surface area contributed by atoms with E-state index in [1.54, 1.807) is 6.07 Å². The van der Waals surface area contributed by atoms with Gasteiger partial charge in [0.25, 0.3) is 0 Å². The highest BCUT2D eigenvalue weighted by Crippen LogP contribution is 2.17. The van der Waals surface area contributed by atoms with Crippen molar-refractivity contribution in [3.8, 4) is 0 Å². The molecule has 0 atom stereocenters. The summed E-state index contributed by atoms with van der Waals surface area (Å²) in [6.45, 7) is 3.82. The van der Waals surface area contributed by atoms with Gasteiger partial charge in [-0.1, -0.05) is 29.8 Å². The third-order valence-corrected chi connectivity index (χ3v) is 3.19. The summed E-state index contributed by atoms with van der Waals surface area (Å²) in [6.07, 6.45) is 0.241. The Morgan fingerprint density at radius 1 is 1.39 bits per heavy atom. The lowest BCUT2D eigenvalue weighted by atomic mass is 10.1. The maximum atomic E-state index is 11.9. The molecule has 2 rings (SSSR count). The van der Waals surface area contributed by atoms with Gasteiger partial charge in [-0.2, -0.15) is 5.10 Å². The highest BCUT2D eigenvalue weighted by Gasteiger charge is 2.11. The first-order chi connectivity index (χ1) is 8.58. The first-order valence-electron chi connectivity index (χ1n) is 5.62. The van der Waals surface area contributed by atoms with Crippen molar-refractivity contribution in [1.29, 1.82) is 0 Å². The van der Waals surface area contributed by atoms with Gasteiger partial charge in [-0.05, 0) is 25.5 Å². The van der Waals surface area contributed by atoms with E-state index in [9.17, 15) is 4.79 Å². The minimum Gasteiger partial charge on any atom is -0.309 e. The minimum atomic E-state index is -0.127. The van der Waals surface area contributed by atoms with E-state index in [0.717, 1.165) is 16.8 Å². The maximum Gasteiger partial charge on any atom is 0.230 e. The van der Waals surface area contributed by atoms with Crippen LogP contribution in [0.25, 0.3) is 0 Å². The lowest BCUT2D eigenvalue weighted by molar-refractivity contribution is -0.115. The number of aromatic nitrogens is 2. The van der Waals surface area contributed by atoms with Gasteiger partial charge in [-0.25, -0.2) is 0 Å². The largest absolute Gasteiger partial charge is 0.309 e. The molecule has 0 saturated carbocycles. The number of amides is 1. The first-order valence-corrected chi connectivity index (χ1v) is 6.00. The van der Waals surface area contributed by atoms with Crippen LogP contribution in [0.1, 0.15) is 16.8 Å². The van der Waals surface area contributed by atoms with Gasteiger partial charge in [0, 0.05) is 16.3 Å². The molecule has 1 aromatic heterocycles. The quantitative estimate of drug-likeness (QED) is 0.895. The zero-order valence-corrected chi connectivity index (χ0v) is 11.0. The smallest absolute Gasteiger partial charge is 0.230 e. The number of rotatable bonds is 3. The number of hydrogen-bond donors (Lipinski definition) is 2. The van der Waals surface area contributed by atoms with Crippen LogP contribution in [0.3, 0.4) is 0 Å². The number of hydrogen-bond acceptors (Lipinski definition) is 2. The van der Waals surface area contributed by atoms with Crippen LogP contribution in [0.15, 0.2) is 24.3 Å². The molecule has 0 radical (unpaired) electrons. The van der Waals surface area contributed by atoms with Crippen LogP contribution < -0.4 is 5.32 Å². The fraction of sp³-hybridized carbons (Fsp3) is 0.231. The Morgan fingerprint density at radius 3 is 2.72 bits per heavy atom. The molecule has 1 aromatic carbocycles. The Balaban J connectivity index is 2.06. The van der Waals surface area contributed by atoms with Crippen LogP contribution in [-0.4, -0.2) is 16.1 Å². The molecule has 0 aliphatic carbocycles. The molecule has 0 saturated heterocycles. The zero-order chi connectivity index (χ0) is 13.1. The van der Waals surface area contributed by atoms with Gasteiger partial charge in [0.05, 0.1) is 6.42 Å². The molecule has 0 fully saturated rings. The van der Waals surface area contributed by atoms with Gasteiger partial charge >= 0.3 is 0 Å². The topological polar surface area (TPSA) is 57.8 Å². The summed E-state index contributed by atoms with van der Waals surface area (Å²) in [6, 6.07) is 7.31. The van der Waals surface area contributed by atoms with E-state index in [2.05, 4.69) is 15.5 Å². The molecule has 94 valence electrons. The molecule has 1 amide bonds. The number of halogens is 1. The SMILES string of the molecule is Cc1[nH]nc(NC(=O)Cc2ccccc2Cl)c1C. The molecule has 5 heteroatoms. The Morgan fingerprint density at radius 2 is 2.11 bits per heavy atom. The number of aryl methyl sites for hydroxylation is 1. The van der Waals surface area contributed by atoms with Crippen molar-refractivity contribution in [1.82, 2.24) is 10.2 Å². The van der Waals surface area contributed by atoms with Crippen LogP contribution >= 0.6 is 11.6 Å². The van der Waals surface area contributed by atoms with Gasteiger partial charge in [0.1, 0.15) is 0 Å². The highest BCUT2D eigenvalue weighted by molar-refractivity contribution is 6.31. The van der Waals surface area contributed by atoms with E-state index in [1.165, 1.54) is 0 Å². The van der Waals surface area contributed by atoms with E-state index >= 15 is 0 Å². The maximum absolute atomic E-state index is 11.9. The van der Waals surface area contributed by atoms with Crippen molar-refractivity contribution in [2.24, 2.45) is 0 Å². The van der Waals surface area contributed by atoms with Crippen LogP contribution in [-0.2, 0) is 11.2 Å². The van der Waals surface area contributed by atoms with Crippen molar-refractivity contribution >= 4 is 23.3 Å². The second-order valence-electron chi connectivity index (χ2n) is 4.14. The molecule has 0 unspecified atom stereocenters. The van der Waals surface area contributed by atoms with E-state index in [1.807, 2.05) is 32.0 Å². The highest BCUT2D eigenvalue weighted by atomic mass is 35.5. The van der Waals surface area contributed by atoms with Gasteiger partial charge < -0.3 is 5.32 Å². The Hall–Kier alpha value is -1.81. The van der Waals surface area contributed by atoms with Crippen molar-refractivity contribution < 1.29 is 4.79 Å². The lowest BCUT2D eigenvalue weighted by Crippen LogP contribution is -2.15. The molecular weight excluding hydrogens is 250 g/mol. The number of benzene rings is 1. The predicted molar refractivity (Wildman–Crippen MR) is 71.8 cm³/mol. The van der Waals surface area contributed by atoms with E-state index in [-0.39, 0.29) is 12.3 Å². The molecule has 0 bridgehead atoms. The van der Waals surface area contributed by atoms with Crippen molar-refractivity contribution in [3.63, 3.8) is 0 Å². The Bertz CT molecular complexity index is 577. The summed E-state index contributed by atoms with van der Waals surface area (Å²) < 4.78 is 0. The lowest BCUT2D eigenvalue weighted by Gasteiger charge is -2.05. The predicted octanol–water partition coefficient (Wildman–Crippen LogP) is 2.86. The van der Waals surface area contributed by atoms with Crippen LogP contribution in [0, 0.1) is 13.8 Å². The summed E-state index contributed by atoms with van der Waals surface area (Å²) in [5.74, 6) is 0.447. The molecule has 0 spiro atoms. The fourth-order valence-corrected chi connectivity index (χ4v) is 1.80. The van der Waals surface area contributed by atoms with Gasteiger partial charge in [0.2, 0.25) is 5.91 Å². The number of aromatic amines is 1. The molecule has 2 aromatic rings. The minimum absolute atomic E-state index is 0.127. The second kappa shape index (κ2) is 5.23. The monoisotopic (exact) mass is 263 g/mol. The molecule has 0 aliphatic rings. The van der Waals surface area contributed by atoms with Crippen molar-refractivity contribution in [2.75, 3.05) is 5.32 Å². The molecule has 1 heterocycles. The number of carbonyl (C=O) groups excluding carboxylic acids is 1. The van der Waals surface area contributed by atoms with Gasteiger partial charge in [-0.3, -0.25) is 9.89 Å². The van der Waals surface area contributed by atoms with Crippen LogP contribution in [0.2, 0.25) is 5.02 Å². The third-order valence-electron chi connectivity index (χ3n) is 2.82.